The Morgan fingerprint density at radius 1 is 1.09 bits per heavy atom. The van der Waals surface area contributed by atoms with Gasteiger partial charge in [0.2, 0.25) is 0 Å². The smallest absolute Gasteiger partial charge is 0.0643 e. The van der Waals surface area contributed by atoms with E-state index in [9.17, 15) is 0 Å². The summed E-state index contributed by atoms with van der Waals surface area (Å²) in [7, 11) is 0. The standard InChI is InChI=1S/C20H20N2/c1-16(17-6-3-2-4-7-17)18-9-11-20(12-10-18)22-15-5-8-19(22)13-14-21/h2-4,6-7,9-12,19H,1,5,8,13,15H2/t19-/m0/s1. The highest BCUT2D eigenvalue weighted by atomic mass is 15.2. The van der Waals surface area contributed by atoms with E-state index in [-0.39, 0.29) is 0 Å². The van der Waals surface area contributed by atoms with Crippen LogP contribution >= 0.6 is 0 Å². The number of nitrogens with zero attached hydrogens (tertiary/aromatic N) is 2. The average Bonchev–Trinajstić information content (AvgIpc) is 3.04. The van der Waals surface area contributed by atoms with Crippen molar-refractivity contribution >= 4 is 11.3 Å². The first kappa shape index (κ1) is 14.4. The van der Waals surface area contributed by atoms with Crippen LogP contribution in [0.2, 0.25) is 0 Å². The lowest BCUT2D eigenvalue weighted by molar-refractivity contribution is 0.683. The van der Waals surface area contributed by atoms with E-state index < -0.39 is 0 Å². The first-order valence-corrected chi connectivity index (χ1v) is 7.78. The molecule has 3 rings (SSSR count). The van der Waals surface area contributed by atoms with Gasteiger partial charge in [0.25, 0.3) is 0 Å². The van der Waals surface area contributed by atoms with Crippen molar-refractivity contribution in [3.8, 4) is 6.07 Å². The van der Waals surface area contributed by atoms with Crippen LogP contribution in [0.4, 0.5) is 5.69 Å². The monoisotopic (exact) mass is 288 g/mol. The van der Waals surface area contributed by atoms with Gasteiger partial charge >= 0.3 is 0 Å². The second kappa shape index (κ2) is 6.49. The van der Waals surface area contributed by atoms with Gasteiger partial charge in [0.1, 0.15) is 0 Å². The maximum atomic E-state index is 8.95. The van der Waals surface area contributed by atoms with Gasteiger partial charge < -0.3 is 4.90 Å². The summed E-state index contributed by atoms with van der Waals surface area (Å²) in [5.74, 6) is 0. The van der Waals surface area contributed by atoms with E-state index in [1.807, 2.05) is 18.2 Å². The van der Waals surface area contributed by atoms with Gasteiger partial charge in [0, 0.05) is 18.3 Å². The minimum Gasteiger partial charge on any atom is -0.368 e. The van der Waals surface area contributed by atoms with Crippen LogP contribution < -0.4 is 4.90 Å². The molecule has 0 amide bonds. The fourth-order valence-electron chi connectivity index (χ4n) is 3.15. The van der Waals surface area contributed by atoms with E-state index >= 15 is 0 Å². The van der Waals surface area contributed by atoms with Crippen molar-refractivity contribution in [2.24, 2.45) is 0 Å². The predicted octanol–water partition coefficient (Wildman–Crippen LogP) is 4.63. The highest BCUT2D eigenvalue weighted by Crippen LogP contribution is 2.29. The Labute approximate surface area is 132 Å². The molecular formula is C20H20N2. The van der Waals surface area contributed by atoms with E-state index in [1.165, 1.54) is 12.1 Å². The largest absolute Gasteiger partial charge is 0.368 e. The summed E-state index contributed by atoms with van der Waals surface area (Å²) in [6.45, 7) is 5.26. The molecule has 0 N–H and O–H groups in total. The average molecular weight is 288 g/mol. The zero-order valence-electron chi connectivity index (χ0n) is 12.7. The van der Waals surface area contributed by atoms with Crippen molar-refractivity contribution < 1.29 is 0 Å². The minimum absolute atomic E-state index is 0.369. The van der Waals surface area contributed by atoms with E-state index in [0.29, 0.717) is 12.5 Å². The summed E-state index contributed by atoms with van der Waals surface area (Å²) < 4.78 is 0. The molecule has 1 aliphatic rings. The van der Waals surface area contributed by atoms with Crippen LogP contribution in [0.1, 0.15) is 30.4 Å². The number of hydrogen-bond donors (Lipinski definition) is 0. The Bertz CT molecular complexity index is 680. The van der Waals surface area contributed by atoms with E-state index in [4.69, 9.17) is 5.26 Å². The maximum Gasteiger partial charge on any atom is 0.0643 e. The van der Waals surface area contributed by atoms with Gasteiger partial charge in [-0.25, -0.2) is 0 Å². The molecule has 2 aromatic rings. The third-order valence-corrected chi connectivity index (χ3v) is 4.37. The molecule has 2 nitrogen and oxygen atoms in total. The van der Waals surface area contributed by atoms with Crippen LogP contribution in [-0.2, 0) is 0 Å². The third-order valence-electron chi connectivity index (χ3n) is 4.37. The molecule has 1 atom stereocenters. The molecule has 1 heterocycles. The lowest BCUT2D eigenvalue weighted by Crippen LogP contribution is -2.28. The fourth-order valence-corrected chi connectivity index (χ4v) is 3.15. The predicted molar refractivity (Wildman–Crippen MR) is 91.6 cm³/mol. The Hall–Kier alpha value is -2.53. The highest BCUT2D eigenvalue weighted by molar-refractivity contribution is 5.78. The lowest BCUT2D eigenvalue weighted by atomic mass is 9.99. The molecule has 1 fully saturated rings. The first-order valence-electron chi connectivity index (χ1n) is 7.78. The molecule has 0 unspecified atom stereocenters. The molecule has 1 saturated heterocycles. The molecule has 0 spiro atoms. The normalized spacial score (nSPS) is 17.2. The molecular weight excluding hydrogens is 268 g/mol. The van der Waals surface area contributed by atoms with Gasteiger partial charge in [0.15, 0.2) is 0 Å². The van der Waals surface area contributed by atoms with Crippen LogP contribution in [0.5, 0.6) is 0 Å². The molecule has 0 bridgehead atoms. The summed E-state index contributed by atoms with van der Waals surface area (Å²) >= 11 is 0. The van der Waals surface area contributed by atoms with Crippen LogP contribution in [0.3, 0.4) is 0 Å². The minimum atomic E-state index is 0.369. The third kappa shape index (κ3) is 2.89. The number of benzene rings is 2. The number of anilines is 1. The van der Waals surface area contributed by atoms with Crippen LogP contribution in [0, 0.1) is 11.3 Å². The Morgan fingerprint density at radius 3 is 2.45 bits per heavy atom. The lowest BCUT2D eigenvalue weighted by Gasteiger charge is -2.25. The van der Waals surface area contributed by atoms with Gasteiger partial charge in [-0.2, -0.15) is 5.26 Å². The molecule has 2 heteroatoms. The molecule has 0 aliphatic carbocycles. The van der Waals surface area contributed by atoms with E-state index in [1.54, 1.807) is 0 Å². The molecule has 2 aromatic carbocycles. The van der Waals surface area contributed by atoms with Crippen molar-refractivity contribution in [1.82, 2.24) is 0 Å². The summed E-state index contributed by atoms with van der Waals surface area (Å²) in [6.07, 6.45) is 2.90. The molecule has 0 radical (unpaired) electrons. The molecule has 1 aliphatic heterocycles. The van der Waals surface area contributed by atoms with Crippen molar-refractivity contribution in [2.75, 3.05) is 11.4 Å². The summed E-state index contributed by atoms with van der Waals surface area (Å²) in [6, 6.07) is 21.5. The van der Waals surface area contributed by atoms with Gasteiger partial charge in [-0.05, 0) is 41.7 Å². The summed E-state index contributed by atoms with van der Waals surface area (Å²) in [4.78, 5) is 2.36. The van der Waals surface area contributed by atoms with Gasteiger partial charge in [-0.1, -0.05) is 49.0 Å². The van der Waals surface area contributed by atoms with E-state index in [2.05, 4.69) is 53.9 Å². The highest BCUT2D eigenvalue weighted by Gasteiger charge is 2.24. The maximum absolute atomic E-state index is 8.95. The first-order chi connectivity index (χ1) is 10.8. The SMILES string of the molecule is C=C(c1ccccc1)c1ccc(N2CCC[C@H]2CC#N)cc1. The van der Waals surface area contributed by atoms with Crippen molar-refractivity contribution in [3.63, 3.8) is 0 Å². The summed E-state index contributed by atoms with van der Waals surface area (Å²) in [5, 5.41) is 8.95. The molecule has 0 aromatic heterocycles. The molecule has 22 heavy (non-hydrogen) atoms. The number of nitriles is 1. The van der Waals surface area contributed by atoms with Crippen molar-refractivity contribution in [2.45, 2.75) is 25.3 Å². The quantitative estimate of drug-likeness (QED) is 0.820. The van der Waals surface area contributed by atoms with E-state index in [0.717, 1.165) is 29.7 Å². The van der Waals surface area contributed by atoms with Crippen molar-refractivity contribution in [3.05, 3.63) is 72.3 Å². The topological polar surface area (TPSA) is 27.0 Å². The van der Waals surface area contributed by atoms with Crippen LogP contribution in [-0.4, -0.2) is 12.6 Å². The Morgan fingerprint density at radius 2 is 1.77 bits per heavy atom. The van der Waals surface area contributed by atoms with Gasteiger partial charge in [-0.3, -0.25) is 0 Å². The van der Waals surface area contributed by atoms with Crippen LogP contribution in [0.25, 0.3) is 5.57 Å². The second-order valence-corrected chi connectivity index (χ2v) is 5.74. The van der Waals surface area contributed by atoms with Crippen molar-refractivity contribution in [1.29, 1.82) is 5.26 Å². The molecule has 0 saturated carbocycles. The zero-order chi connectivity index (χ0) is 15.4. The Balaban J connectivity index is 1.78. The number of rotatable bonds is 4. The number of hydrogen-bond acceptors (Lipinski definition) is 2. The second-order valence-electron chi connectivity index (χ2n) is 5.74. The fraction of sp³-hybridized carbons (Fsp3) is 0.250. The summed E-state index contributed by atoms with van der Waals surface area (Å²) in [5.41, 5.74) is 4.55. The molecule has 110 valence electrons. The van der Waals surface area contributed by atoms with Crippen LogP contribution in [0.15, 0.2) is 61.2 Å². The van der Waals surface area contributed by atoms with Gasteiger partial charge in [0.05, 0.1) is 12.5 Å². The van der Waals surface area contributed by atoms with Gasteiger partial charge in [-0.15, -0.1) is 0 Å². The zero-order valence-corrected chi connectivity index (χ0v) is 12.7. The Kier molecular flexibility index (Phi) is 4.25.